The van der Waals surface area contributed by atoms with Gasteiger partial charge in [-0.25, -0.2) is 8.42 Å². The minimum Gasteiger partial charge on any atom is -0.305 e. The quantitative estimate of drug-likeness (QED) is 0.641. The van der Waals surface area contributed by atoms with Gasteiger partial charge in [0.25, 0.3) is 0 Å². The molecule has 0 N–H and O–H groups in total. The van der Waals surface area contributed by atoms with Crippen molar-refractivity contribution in [3.8, 4) is 0 Å². The van der Waals surface area contributed by atoms with Crippen LogP contribution in [0, 0.1) is 0 Å². The van der Waals surface area contributed by atoms with Crippen LogP contribution in [0.1, 0.15) is 6.42 Å². The van der Waals surface area contributed by atoms with Crippen molar-refractivity contribution < 1.29 is 8.42 Å². The first-order chi connectivity index (χ1) is 5.45. The minimum atomic E-state index is -2.80. The summed E-state index contributed by atoms with van der Waals surface area (Å²) < 4.78 is 21.5. The molecule has 0 bridgehead atoms. The SMILES string of the molecule is CN(CCCS)CCS(C)(=O)=O. The van der Waals surface area contributed by atoms with E-state index in [-0.39, 0.29) is 5.75 Å². The summed E-state index contributed by atoms with van der Waals surface area (Å²) >= 11 is 4.08. The van der Waals surface area contributed by atoms with Gasteiger partial charge in [-0.2, -0.15) is 12.6 Å². The van der Waals surface area contributed by atoms with E-state index in [2.05, 4.69) is 12.6 Å². The third kappa shape index (κ3) is 8.36. The smallest absolute Gasteiger partial charge is 0.148 e. The highest BCUT2D eigenvalue weighted by atomic mass is 32.2. The van der Waals surface area contributed by atoms with Gasteiger partial charge in [-0.15, -0.1) is 0 Å². The van der Waals surface area contributed by atoms with Gasteiger partial charge in [0.15, 0.2) is 0 Å². The molecule has 0 heterocycles. The predicted molar refractivity (Wildman–Crippen MR) is 55.7 cm³/mol. The van der Waals surface area contributed by atoms with Crippen molar-refractivity contribution in [2.45, 2.75) is 6.42 Å². The lowest BCUT2D eigenvalue weighted by molar-refractivity contribution is 0.355. The molecule has 0 aliphatic carbocycles. The van der Waals surface area contributed by atoms with Gasteiger partial charge in [-0.1, -0.05) is 0 Å². The molecule has 0 aliphatic rings. The van der Waals surface area contributed by atoms with Crippen LogP contribution in [-0.2, 0) is 9.84 Å². The van der Waals surface area contributed by atoms with Gasteiger partial charge in [0.1, 0.15) is 9.84 Å². The Balaban J connectivity index is 3.51. The molecule has 0 saturated heterocycles. The van der Waals surface area contributed by atoms with Crippen molar-refractivity contribution in [1.82, 2.24) is 4.90 Å². The summed E-state index contributed by atoms with van der Waals surface area (Å²) in [5.41, 5.74) is 0. The van der Waals surface area contributed by atoms with Crippen molar-refractivity contribution >= 4 is 22.5 Å². The highest BCUT2D eigenvalue weighted by Crippen LogP contribution is 1.91. The summed E-state index contributed by atoms with van der Waals surface area (Å²) in [6.45, 7) is 1.53. The van der Waals surface area contributed by atoms with Crippen LogP contribution in [0.4, 0.5) is 0 Å². The summed E-state index contributed by atoms with van der Waals surface area (Å²) in [5.74, 6) is 1.10. The Kier molecular flexibility index (Phi) is 5.96. The standard InChI is InChI=1S/C7H17NO2S2/c1-8(4-3-6-11)5-7-12(2,9)10/h11H,3-7H2,1-2H3. The molecular weight excluding hydrogens is 194 g/mol. The summed E-state index contributed by atoms with van der Waals surface area (Å²) in [6, 6.07) is 0. The fraction of sp³-hybridized carbons (Fsp3) is 1.00. The molecule has 0 aromatic rings. The van der Waals surface area contributed by atoms with E-state index in [1.807, 2.05) is 11.9 Å². The van der Waals surface area contributed by atoms with E-state index in [1.54, 1.807) is 0 Å². The van der Waals surface area contributed by atoms with Crippen LogP contribution in [0.3, 0.4) is 0 Å². The fourth-order valence-electron chi connectivity index (χ4n) is 0.774. The van der Waals surface area contributed by atoms with Crippen LogP contribution in [-0.4, -0.2) is 51.2 Å². The Bertz CT molecular complexity index is 201. The van der Waals surface area contributed by atoms with E-state index >= 15 is 0 Å². The van der Waals surface area contributed by atoms with E-state index in [0.29, 0.717) is 6.54 Å². The van der Waals surface area contributed by atoms with Crippen LogP contribution in [0.15, 0.2) is 0 Å². The van der Waals surface area contributed by atoms with Crippen molar-refractivity contribution in [2.75, 3.05) is 37.9 Å². The molecule has 0 aliphatic heterocycles. The zero-order chi connectivity index (χ0) is 9.61. The third-order valence-corrected chi connectivity index (χ3v) is 2.78. The van der Waals surface area contributed by atoms with E-state index < -0.39 is 9.84 Å². The summed E-state index contributed by atoms with van der Waals surface area (Å²) in [6.07, 6.45) is 2.27. The summed E-state index contributed by atoms with van der Waals surface area (Å²) in [7, 11) is -0.880. The van der Waals surface area contributed by atoms with Gasteiger partial charge in [-0.3, -0.25) is 0 Å². The first-order valence-corrected chi connectivity index (χ1v) is 6.62. The molecule has 0 aromatic heterocycles. The second kappa shape index (κ2) is 5.83. The topological polar surface area (TPSA) is 37.4 Å². The largest absolute Gasteiger partial charge is 0.305 e. The second-order valence-corrected chi connectivity index (χ2v) is 5.72. The number of nitrogens with zero attached hydrogens (tertiary/aromatic N) is 1. The number of thiol groups is 1. The molecule has 5 heteroatoms. The lowest BCUT2D eigenvalue weighted by Crippen LogP contribution is -2.26. The maximum Gasteiger partial charge on any atom is 0.148 e. The molecular formula is C7H17NO2S2. The Labute approximate surface area is 80.5 Å². The first-order valence-electron chi connectivity index (χ1n) is 3.93. The number of sulfone groups is 1. The molecule has 0 atom stereocenters. The fourth-order valence-corrected chi connectivity index (χ4v) is 1.56. The van der Waals surface area contributed by atoms with Crippen molar-refractivity contribution in [1.29, 1.82) is 0 Å². The molecule has 0 spiro atoms. The lowest BCUT2D eigenvalue weighted by Gasteiger charge is -2.14. The van der Waals surface area contributed by atoms with E-state index in [9.17, 15) is 8.42 Å². The third-order valence-electron chi connectivity index (χ3n) is 1.54. The second-order valence-electron chi connectivity index (χ2n) is 3.01. The molecule has 3 nitrogen and oxygen atoms in total. The van der Waals surface area contributed by atoms with Crippen LogP contribution in [0.5, 0.6) is 0 Å². The minimum absolute atomic E-state index is 0.246. The van der Waals surface area contributed by atoms with Gasteiger partial charge < -0.3 is 4.90 Å². The molecule has 0 fully saturated rings. The number of rotatable bonds is 6. The number of hydrogen-bond acceptors (Lipinski definition) is 4. The summed E-state index contributed by atoms with van der Waals surface area (Å²) in [4.78, 5) is 2.01. The van der Waals surface area contributed by atoms with E-state index in [4.69, 9.17) is 0 Å². The van der Waals surface area contributed by atoms with E-state index in [0.717, 1.165) is 18.7 Å². The van der Waals surface area contributed by atoms with Crippen molar-refractivity contribution in [2.24, 2.45) is 0 Å². The maximum absolute atomic E-state index is 10.8. The maximum atomic E-state index is 10.8. The van der Waals surface area contributed by atoms with Crippen LogP contribution < -0.4 is 0 Å². The van der Waals surface area contributed by atoms with Crippen LogP contribution in [0.2, 0.25) is 0 Å². The van der Waals surface area contributed by atoms with Gasteiger partial charge in [0.05, 0.1) is 5.75 Å². The van der Waals surface area contributed by atoms with Gasteiger partial charge >= 0.3 is 0 Å². The molecule has 0 amide bonds. The van der Waals surface area contributed by atoms with Crippen LogP contribution >= 0.6 is 12.6 Å². The van der Waals surface area contributed by atoms with Crippen molar-refractivity contribution in [3.63, 3.8) is 0 Å². The molecule has 0 rings (SSSR count). The predicted octanol–water partition coefficient (Wildman–Crippen LogP) is 0.283. The zero-order valence-corrected chi connectivity index (χ0v) is 9.37. The normalized spacial score (nSPS) is 12.3. The Morgan fingerprint density at radius 1 is 1.33 bits per heavy atom. The highest BCUT2D eigenvalue weighted by Gasteiger charge is 2.04. The lowest BCUT2D eigenvalue weighted by atomic mass is 10.4. The van der Waals surface area contributed by atoms with Crippen LogP contribution in [0.25, 0.3) is 0 Å². The van der Waals surface area contributed by atoms with Crippen molar-refractivity contribution in [3.05, 3.63) is 0 Å². The molecule has 0 aromatic carbocycles. The molecule has 74 valence electrons. The van der Waals surface area contributed by atoms with Gasteiger partial charge in [0, 0.05) is 12.8 Å². The Morgan fingerprint density at radius 3 is 2.33 bits per heavy atom. The summed E-state index contributed by atoms with van der Waals surface area (Å²) in [5, 5.41) is 0. The van der Waals surface area contributed by atoms with E-state index in [1.165, 1.54) is 6.26 Å². The number of hydrogen-bond donors (Lipinski definition) is 1. The average molecular weight is 211 g/mol. The molecule has 0 saturated carbocycles. The average Bonchev–Trinajstić information content (AvgIpc) is 1.95. The Morgan fingerprint density at radius 2 is 1.92 bits per heavy atom. The molecule has 0 radical (unpaired) electrons. The molecule has 12 heavy (non-hydrogen) atoms. The van der Waals surface area contributed by atoms with Gasteiger partial charge in [-0.05, 0) is 25.8 Å². The Hall–Kier alpha value is 0.260. The first kappa shape index (κ1) is 12.3. The monoisotopic (exact) mass is 211 g/mol. The molecule has 0 unspecified atom stereocenters. The zero-order valence-electron chi connectivity index (χ0n) is 7.65. The van der Waals surface area contributed by atoms with Gasteiger partial charge in [0.2, 0.25) is 0 Å². The highest BCUT2D eigenvalue weighted by molar-refractivity contribution is 7.90.